The number of phenols is 1. The summed E-state index contributed by atoms with van der Waals surface area (Å²) in [5.74, 6) is 1.12. The maximum absolute atomic E-state index is 9.27. The molecule has 0 amide bonds. The minimum atomic E-state index is 0.281. The monoisotopic (exact) mass is 280 g/mol. The van der Waals surface area contributed by atoms with E-state index in [1.807, 2.05) is 48.0 Å². The summed E-state index contributed by atoms with van der Waals surface area (Å²) in [7, 11) is 1.92. The summed E-state index contributed by atoms with van der Waals surface area (Å²) in [4.78, 5) is 0. The Bertz CT molecular complexity index is 734. The van der Waals surface area contributed by atoms with Crippen molar-refractivity contribution in [1.82, 2.24) is 14.8 Å². The summed E-state index contributed by atoms with van der Waals surface area (Å²) in [6.45, 7) is 0.697. The van der Waals surface area contributed by atoms with Gasteiger partial charge < -0.3 is 15.0 Å². The Balaban J connectivity index is 1.74. The molecule has 0 aliphatic carbocycles. The second kappa shape index (κ2) is 5.66. The fourth-order valence-corrected chi connectivity index (χ4v) is 2.13. The van der Waals surface area contributed by atoms with E-state index in [2.05, 4.69) is 15.5 Å². The smallest absolute Gasteiger partial charge is 0.163 e. The molecule has 3 aromatic rings. The van der Waals surface area contributed by atoms with Crippen LogP contribution in [0.2, 0.25) is 0 Å². The maximum atomic E-state index is 9.27. The first kappa shape index (κ1) is 13.2. The van der Waals surface area contributed by atoms with Crippen LogP contribution in [0.1, 0.15) is 5.56 Å². The summed E-state index contributed by atoms with van der Waals surface area (Å²) >= 11 is 0. The lowest BCUT2D eigenvalue weighted by Gasteiger charge is -2.08. The highest BCUT2D eigenvalue weighted by molar-refractivity contribution is 5.62. The third-order valence-electron chi connectivity index (χ3n) is 3.27. The molecule has 106 valence electrons. The predicted octanol–water partition coefficient (Wildman–Crippen LogP) is 2.80. The van der Waals surface area contributed by atoms with Crippen molar-refractivity contribution in [2.75, 3.05) is 5.32 Å². The maximum Gasteiger partial charge on any atom is 0.163 e. The van der Waals surface area contributed by atoms with Gasteiger partial charge in [0.2, 0.25) is 0 Å². The zero-order valence-electron chi connectivity index (χ0n) is 11.7. The van der Waals surface area contributed by atoms with Crippen molar-refractivity contribution in [1.29, 1.82) is 0 Å². The van der Waals surface area contributed by atoms with Crippen LogP contribution in [0.15, 0.2) is 54.9 Å². The number of aromatic hydroxyl groups is 1. The van der Waals surface area contributed by atoms with Gasteiger partial charge in [0.15, 0.2) is 5.82 Å². The fourth-order valence-electron chi connectivity index (χ4n) is 2.13. The normalized spacial score (nSPS) is 10.5. The van der Waals surface area contributed by atoms with E-state index in [4.69, 9.17) is 0 Å². The summed E-state index contributed by atoms with van der Waals surface area (Å²) in [5.41, 5.74) is 3.14. The van der Waals surface area contributed by atoms with Crippen molar-refractivity contribution in [3.05, 3.63) is 60.4 Å². The molecule has 5 heteroatoms. The van der Waals surface area contributed by atoms with Crippen LogP contribution >= 0.6 is 0 Å². The van der Waals surface area contributed by atoms with Gasteiger partial charge in [-0.15, -0.1) is 10.2 Å². The molecule has 0 fully saturated rings. The molecule has 3 rings (SSSR count). The van der Waals surface area contributed by atoms with Gasteiger partial charge in [0.1, 0.15) is 12.1 Å². The molecule has 2 N–H and O–H groups in total. The zero-order valence-corrected chi connectivity index (χ0v) is 11.7. The third kappa shape index (κ3) is 3.02. The number of nitrogens with one attached hydrogen (secondary N) is 1. The lowest BCUT2D eigenvalue weighted by Crippen LogP contribution is -1.99. The Morgan fingerprint density at radius 2 is 1.95 bits per heavy atom. The summed E-state index contributed by atoms with van der Waals surface area (Å²) in [5, 5.41) is 20.6. The Labute approximate surface area is 122 Å². The Morgan fingerprint density at radius 3 is 2.67 bits per heavy atom. The number of benzene rings is 2. The largest absolute Gasteiger partial charge is 0.508 e. The van der Waals surface area contributed by atoms with Crippen LogP contribution < -0.4 is 5.32 Å². The second-order valence-corrected chi connectivity index (χ2v) is 4.87. The Kier molecular flexibility index (Phi) is 3.55. The van der Waals surface area contributed by atoms with E-state index in [1.165, 1.54) is 0 Å². The molecule has 5 nitrogen and oxygen atoms in total. The number of aryl methyl sites for hydroxylation is 1. The summed E-state index contributed by atoms with van der Waals surface area (Å²) < 4.78 is 1.89. The number of phenolic OH excluding ortho intramolecular Hbond substituents is 1. The Morgan fingerprint density at radius 1 is 1.14 bits per heavy atom. The van der Waals surface area contributed by atoms with Crippen LogP contribution in [0.5, 0.6) is 5.75 Å². The predicted molar refractivity (Wildman–Crippen MR) is 81.9 cm³/mol. The quantitative estimate of drug-likeness (QED) is 0.771. The number of rotatable bonds is 4. The minimum Gasteiger partial charge on any atom is -0.508 e. The highest BCUT2D eigenvalue weighted by Crippen LogP contribution is 2.20. The number of hydrogen-bond donors (Lipinski definition) is 2. The molecule has 2 aromatic carbocycles. The van der Waals surface area contributed by atoms with Crippen molar-refractivity contribution in [2.24, 2.45) is 7.05 Å². The van der Waals surface area contributed by atoms with Crippen molar-refractivity contribution in [2.45, 2.75) is 6.54 Å². The minimum absolute atomic E-state index is 0.281. The first-order valence-electron chi connectivity index (χ1n) is 6.68. The van der Waals surface area contributed by atoms with Crippen molar-refractivity contribution >= 4 is 5.69 Å². The van der Waals surface area contributed by atoms with Crippen LogP contribution in [0.4, 0.5) is 5.69 Å². The molecule has 1 heterocycles. The van der Waals surface area contributed by atoms with Crippen LogP contribution in [0.25, 0.3) is 11.4 Å². The molecule has 1 aromatic heterocycles. The number of nitrogens with zero attached hydrogens (tertiary/aromatic N) is 3. The molecule has 0 aliphatic rings. The first-order chi connectivity index (χ1) is 10.2. The molecular formula is C16H16N4O. The van der Waals surface area contributed by atoms with Gasteiger partial charge >= 0.3 is 0 Å². The number of aromatic nitrogens is 3. The molecule has 0 aliphatic heterocycles. The lowest BCUT2D eigenvalue weighted by atomic mass is 10.1. The van der Waals surface area contributed by atoms with Gasteiger partial charge in [-0.3, -0.25) is 0 Å². The van der Waals surface area contributed by atoms with Crippen molar-refractivity contribution < 1.29 is 5.11 Å². The lowest BCUT2D eigenvalue weighted by molar-refractivity contribution is 0.475. The highest BCUT2D eigenvalue weighted by Gasteiger charge is 2.05. The van der Waals surface area contributed by atoms with Gasteiger partial charge in [-0.25, -0.2) is 0 Å². The molecule has 0 unspecified atom stereocenters. The topological polar surface area (TPSA) is 63.0 Å². The zero-order chi connectivity index (χ0) is 14.7. The highest BCUT2D eigenvalue weighted by atomic mass is 16.3. The van der Waals surface area contributed by atoms with E-state index in [0.717, 1.165) is 22.6 Å². The molecule has 21 heavy (non-hydrogen) atoms. The van der Waals surface area contributed by atoms with E-state index in [0.29, 0.717) is 6.54 Å². The third-order valence-corrected chi connectivity index (χ3v) is 3.27. The average molecular weight is 280 g/mol. The molecule has 0 bridgehead atoms. The molecule has 0 saturated heterocycles. The van der Waals surface area contributed by atoms with Crippen LogP contribution in [0, 0.1) is 0 Å². The molecule has 0 spiro atoms. The van der Waals surface area contributed by atoms with E-state index in [9.17, 15) is 5.11 Å². The van der Waals surface area contributed by atoms with Gasteiger partial charge in [0, 0.05) is 24.8 Å². The van der Waals surface area contributed by atoms with E-state index in [-0.39, 0.29) is 5.75 Å². The van der Waals surface area contributed by atoms with E-state index < -0.39 is 0 Å². The second-order valence-electron chi connectivity index (χ2n) is 4.87. The number of hydrogen-bond acceptors (Lipinski definition) is 4. The molecule has 0 atom stereocenters. The van der Waals surface area contributed by atoms with Crippen molar-refractivity contribution in [3.63, 3.8) is 0 Å². The van der Waals surface area contributed by atoms with Crippen LogP contribution in [-0.2, 0) is 13.6 Å². The van der Waals surface area contributed by atoms with E-state index in [1.54, 1.807) is 18.5 Å². The van der Waals surface area contributed by atoms with Crippen LogP contribution in [0.3, 0.4) is 0 Å². The standard InChI is InChI=1S/C16H16N4O/c1-20-11-18-19-16(20)13-3-2-4-14(9-13)17-10-12-5-7-15(21)8-6-12/h2-9,11,17,21H,10H2,1H3. The summed E-state index contributed by atoms with van der Waals surface area (Å²) in [6.07, 6.45) is 1.69. The van der Waals surface area contributed by atoms with Gasteiger partial charge in [-0.2, -0.15) is 0 Å². The molecule has 0 saturated carbocycles. The molecular weight excluding hydrogens is 264 g/mol. The Hall–Kier alpha value is -2.82. The van der Waals surface area contributed by atoms with Crippen LogP contribution in [-0.4, -0.2) is 19.9 Å². The van der Waals surface area contributed by atoms with Crippen molar-refractivity contribution in [3.8, 4) is 17.1 Å². The summed E-state index contributed by atoms with van der Waals surface area (Å²) in [6, 6.07) is 15.2. The fraction of sp³-hybridized carbons (Fsp3) is 0.125. The molecule has 0 radical (unpaired) electrons. The number of anilines is 1. The van der Waals surface area contributed by atoms with E-state index >= 15 is 0 Å². The van der Waals surface area contributed by atoms with Gasteiger partial charge in [0.25, 0.3) is 0 Å². The van der Waals surface area contributed by atoms with Gasteiger partial charge in [-0.05, 0) is 29.8 Å². The average Bonchev–Trinajstić information content (AvgIpc) is 2.93. The van der Waals surface area contributed by atoms with Gasteiger partial charge in [-0.1, -0.05) is 24.3 Å². The first-order valence-corrected chi connectivity index (χ1v) is 6.68. The van der Waals surface area contributed by atoms with Gasteiger partial charge in [0.05, 0.1) is 0 Å². The SMILES string of the molecule is Cn1cnnc1-c1cccc(NCc2ccc(O)cc2)c1.